The van der Waals surface area contributed by atoms with Crippen LogP contribution in [0.15, 0.2) is 67.3 Å². The minimum absolute atomic E-state index is 0.249. The Kier molecular flexibility index (Phi) is 4.49. The number of aliphatic carboxylic acids is 1. The van der Waals surface area contributed by atoms with Gasteiger partial charge in [-0.3, -0.25) is 0 Å². The normalized spacial score (nSPS) is 12.0. The molecule has 4 rings (SSSR count). The van der Waals surface area contributed by atoms with E-state index < -0.39 is 12.0 Å². The lowest BCUT2D eigenvalue weighted by atomic mass is 10.1. The number of hydrogen-bond donors (Lipinski definition) is 3. The summed E-state index contributed by atoms with van der Waals surface area (Å²) in [5.41, 5.74) is 2.39. The number of benzene rings is 2. The Hall–Kier alpha value is -3.74. The Morgan fingerprint density at radius 2 is 2.00 bits per heavy atom. The Balaban J connectivity index is 1.59. The summed E-state index contributed by atoms with van der Waals surface area (Å²) in [5, 5.41) is 14.6. The molecule has 0 spiro atoms. The SMILES string of the molecule is O=C(O)C(Cc1cnc[nH]1)Nc1nccc(-c2ccc3ccccc3c2)n1. The highest BCUT2D eigenvalue weighted by Crippen LogP contribution is 2.23. The summed E-state index contributed by atoms with van der Waals surface area (Å²) in [6.07, 6.45) is 4.99. The monoisotopic (exact) mass is 359 g/mol. The summed E-state index contributed by atoms with van der Waals surface area (Å²) < 4.78 is 0. The van der Waals surface area contributed by atoms with Gasteiger partial charge in [0.15, 0.2) is 0 Å². The van der Waals surface area contributed by atoms with Gasteiger partial charge in [0.1, 0.15) is 6.04 Å². The fourth-order valence-corrected chi connectivity index (χ4v) is 2.91. The molecule has 1 unspecified atom stereocenters. The number of imidazole rings is 1. The first-order valence-corrected chi connectivity index (χ1v) is 8.48. The van der Waals surface area contributed by atoms with E-state index in [9.17, 15) is 9.90 Å². The van der Waals surface area contributed by atoms with E-state index in [2.05, 4.69) is 37.4 Å². The number of nitrogens with one attached hydrogen (secondary N) is 2. The molecule has 2 aromatic carbocycles. The van der Waals surface area contributed by atoms with Crippen LogP contribution in [0.2, 0.25) is 0 Å². The third-order valence-corrected chi connectivity index (χ3v) is 4.28. The first-order chi connectivity index (χ1) is 13.2. The topological polar surface area (TPSA) is 104 Å². The zero-order chi connectivity index (χ0) is 18.6. The summed E-state index contributed by atoms with van der Waals surface area (Å²) in [5.74, 6) is -0.711. The van der Waals surface area contributed by atoms with E-state index in [1.165, 1.54) is 6.33 Å². The number of nitrogens with zero attached hydrogens (tertiary/aromatic N) is 3. The molecule has 0 amide bonds. The molecule has 7 nitrogen and oxygen atoms in total. The van der Waals surface area contributed by atoms with Crippen LogP contribution in [0.1, 0.15) is 5.69 Å². The second kappa shape index (κ2) is 7.25. The van der Waals surface area contributed by atoms with Crippen molar-refractivity contribution in [2.24, 2.45) is 0 Å². The number of carboxylic acid groups (broad SMARTS) is 1. The molecule has 2 aromatic heterocycles. The van der Waals surface area contributed by atoms with Gasteiger partial charge >= 0.3 is 5.97 Å². The highest BCUT2D eigenvalue weighted by molar-refractivity contribution is 5.86. The molecule has 1 atom stereocenters. The smallest absolute Gasteiger partial charge is 0.326 e. The lowest BCUT2D eigenvalue weighted by molar-refractivity contribution is -0.137. The number of H-pyrrole nitrogens is 1. The molecule has 0 fully saturated rings. The summed E-state index contributed by atoms with van der Waals surface area (Å²) in [4.78, 5) is 27.1. The van der Waals surface area contributed by atoms with Gasteiger partial charge in [0.25, 0.3) is 0 Å². The molecule has 27 heavy (non-hydrogen) atoms. The molecular weight excluding hydrogens is 342 g/mol. The maximum Gasteiger partial charge on any atom is 0.326 e. The quantitative estimate of drug-likeness (QED) is 0.489. The number of rotatable bonds is 6. The minimum atomic E-state index is -0.982. The van der Waals surface area contributed by atoms with Crippen LogP contribution in [0, 0.1) is 0 Å². The summed E-state index contributed by atoms with van der Waals surface area (Å²) in [6.45, 7) is 0. The van der Waals surface area contributed by atoms with Gasteiger partial charge in [-0.1, -0.05) is 36.4 Å². The standard InChI is InChI=1S/C20H17N5O2/c26-19(27)18(10-16-11-21-12-23-16)25-20-22-8-7-17(24-20)15-6-5-13-3-1-2-4-14(13)9-15/h1-9,11-12,18H,10H2,(H,21,23)(H,26,27)(H,22,24,25). The molecule has 3 N–H and O–H groups in total. The van der Waals surface area contributed by atoms with Crippen molar-refractivity contribution >= 4 is 22.7 Å². The van der Waals surface area contributed by atoms with Crippen molar-refractivity contribution in [1.29, 1.82) is 0 Å². The van der Waals surface area contributed by atoms with Crippen molar-refractivity contribution in [3.63, 3.8) is 0 Å². The highest BCUT2D eigenvalue weighted by atomic mass is 16.4. The summed E-state index contributed by atoms with van der Waals surface area (Å²) >= 11 is 0. The average molecular weight is 359 g/mol. The predicted molar refractivity (Wildman–Crippen MR) is 102 cm³/mol. The van der Waals surface area contributed by atoms with Crippen LogP contribution >= 0.6 is 0 Å². The third-order valence-electron chi connectivity index (χ3n) is 4.28. The van der Waals surface area contributed by atoms with Gasteiger partial charge in [-0.2, -0.15) is 0 Å². The number of aromatic nitrogens is 4. The fourth-order valence-electron chi connectivity index (χ4n) is 2.91. The second-order valence-corrected chi connectivity index (χ2v) is 6.14. The zero-order valence-corrected chi connectivity index (χ0v) is 14.3. The number of anilines is 1. The van der Waals surface area contributed by atoms with Gasteiger partial charge < -0.3 is 15.4 Å². The maximum atomic E-state index is 11.6. The van der Waals surface area contributed by atoms with E-state index in [4.69, 9.17) is 0 Å². The third kappa shape index (κ3) is 3.77. The summed E-state index contributed by atoms with van der Waals surface area (Å²) in [6, 6.07) is 15.1. The van der Waals surface area contributed by atoms with E-state index in [-0.39, 0.29) is 12.4 Å². The van der Waals surface area contributed by atoms with Crippen molar-refractivity contribution in [2.45, 2.75) is 12.5 Å². The van der Waals surface area contributed by atoms with Crippen LogP contribution in [0.25, 0.3) is 22.0 Å². The average Bonchev–Trinajstić information content (AvgIpc) is 3.20. The van der Waals surface area contributed by atoms with Gasteiger partial charge in [0, 0.05) is 30.1 Å². The molecule has 4 aromatic rings. The number of hydrogen-bond acceptors (Lipinski definition) is 5. The molecule has 0 bridgehead atoms. The number of aromatic amines is 1. The van der Waals surface area contributed by atoms with Crippen LogP contribution in [0.5, 0.6) is 0 Å². The lowest BCUT2D eigenvalue weighted by Crippen LogP contribution is -2.32. The highest BCUT2D eigenvalue weighted by Gasteiger charge is 2.20. The van der Waals surface area contributed by atoms with Crippen molar-refractivity contribution in [3.05, 3.63) is 72.9 Å². The number of fused-ring (bicyclic) bond motifs is 1. The lowest BCUT2D eigenvalue weighted by Gasteiger charge is -2.14. The molecule has 134 valence electrons. The first-order valence-electron chi connectivity index (χ1n) is 8.48. The van der Waals surface area contributed by atoms with E-state index in [1.54, 1.807) is 18.5 Å². The molecule has 0 saturated heterocycles. The largest absolute Gasteiger partial charge is 0.480 e. The van der Waals surface area contributed by atoms with Crippen LogP contribution in [0.4, 0.5) is 5.95 Å². The maximum absolute atomic E-state index is 11.6. The van der Waals surface area contributed by atoms with Crippen LogP contribution < -0.4 is 5.32 Å². The van der Waals surface area contributed by atoms with Gasteiger partial charge in [0.2, 0.25) is 5.95 Å². The molecule has 0 radical (unpaired) electrons. The Morgan fingerprint density at radius 3 is 2.78 bits per heavy atom. The molecule has 0 saturated carbocycles. The van der Waals surface area contributed by atoms with E-state index in [0.717, 1.165) is 27.7 Å². The molecular formula is C20H17N5O2. The van der Waals surface area contributed by atoms with Crippen LogP contribution in [0.3, 0.4) is 0 Å². The zero-order valence-electron chi connectivity index (χ0n) is 14.3. The number of carboxylic acids is 1. The van der Waals surface area contributed by atoms with Gasteiger partial charge in [0.05, 0.1) is 12.0 Å². The molecule has 0 aliphatic heterocycles. The van der Waals surface area contributed by atoms with E-state index in [1.807, 2.05) is 30.3 Å². The Bertz CT molecular complexity index is 1080. The van der Waals surface area contributed by atoms with Crippen molar-refractivity contribution in [3.8, 4) is 11.3 Å². The second-order valence-electron chi connectivity index (χ2n) is 6.14. The molecule has 2 heterocycles. The van der Waals surface area contributed by atoms with Crippen LogP contribution in [-0.4, -0.2) is 37.1 Å². The minimum Gasteiger partial charge on any atom is -0.480 e. The number of carbonyl (C=O) groups is 1. The molecule has 0 aliphatic rings. The first kappa shape index (κ1) is 16.7. The van der Waals surface area contributed by atoms with Gasteiger partial charge in [-0.05, 0) is 22.9 Å². The predicted octanol–water partition coefficient (Wildman–Crippen LogP) is 3.13. The van der Waals surface area contributed by atoms with Gasteiger partial charge in [-0.25, -0.2) is 19.7 Å². The van der Waals surface area contributed by atoms with Crippen LogP contribution in [-0.2, 0) is 11.2 Å². The van der Waals surface area contributed by atoms with Crippen molar-refractivity contribution < 1.29 is 9.90 Å². The molecule has 7 heteroatoms. The Labute approximate surface area is 155 Å². The van der Waals surface area contributed by atoms with E-state index in [0.29, 0.717) is 0 Å². The molecule has 0 aliphatic carbocycles. The summed E-state index contributed by atoms with van der Waals surface area (Å²) in [7, 11) is 0. The van der Waals surface area contributed by atoms with Crippen molar-refractivity contribution in [1.82, 2.24) is 19.9 Å². The van der Waals surface area contributed by atoms with E-state index >= 15 is 0 Å². The fraction of sp³-hybridized carbons (Fsp3) is 0.100. The van der Waals surface area contributed by atoms with Gasteiger partial charge in [-0.15, -0.1) is 0 Å². The van der Waals surface area contributed by atoms with Crippen molar-refractivity contribution in [2.75, 3.05) is 5.32 Å². The Morgan fingerprint density at radius 1 is 1.15 bits per heavy atom.